The van der Waals surface area contributed by atoms with Crippen LogP contribution in [0.1, 0.15) is 35.1 Å². The predicted octanol–water partition coefficient (Wildman–Crippen LogP) is 1.56. The van der Waals surface area contributed by atoms with Gasteiger partial charge in [0.2, 0.25) is 0 Å². The Bertz CT molecular complexity index is 312. The standard InChI is InChI=1S/C9H11NO3/c11-9(12)7-4-3-6(10-7)8-2-1-5-13-8/h3-4,8,10H,1-2,5H2,(H,11,12). The van der Waals surface area contributed by atoms with E-state index in [2.05, 4.69) is 4.98 Å². The molecular weight excluding hydrogens is 170 g/mol. The van der Waals surface area contributed by atoms with E-state index in [-0.39, 0.29) is 11.8 Å². The summed E-state index contributed by atoms with van der Waals surface area (Å²) >= 11 is 0. The molecule has 0 spiro atoms. The maximum Gasteiger partial charge on any atom is 0.352 e. The van der Waals surface area contributed by atoms with E-state index in [0.717, 1.165) is 25.1 Å². The van der Waals surface area contributed by atoms with Crippen molar-refractivity contribution in [1.82, 2.24) is 4.98 Å². The molecule has 0 aromatic carbocycles. The second-order valence-corrected chi connectivity index (χ2v) is 3.13. The molecule has 0 amide bonds. The first-order valence-electron chi connectivity index (χ1n) is 4.31. The van der Waals surface area contributed by atoms with E-state index >= 15 is 0 Å². The Kier molecular flexibility index (Phi) is 2.06. The first-order valence-corrected chi connectivity index (χ1v) is 4.31. The highest BCUT2D eigenvalue weighted by Crippen LogP contribution is 2.27. The van der Waals surface area contributed by atoms with Crippen molar-refractivity contribution < 1.29 is 14.6 Å². The maximum absolute atomic E-state index is 10.6. The molecule has 2 heterocycles. The van der Waals surface area contributed by atoms with Crippen LogP contribution >= 0.6 is 0 Å². The van der Waals surface area contributed by atoms with Crippen LogP contribution in [-0.4, -0.2) is 22.7 Å². The number of aromatic nitrogens is 1. The fourth-order valence-electron chi connectivity index (χ4n) is 1.55. The molecule has 1 saturated heterocycles. The summed E-state index contributed by atoms with van der Waals surface area (Å²) in [5, 5.41) is 8.67. The fraction of sp³-hybridized carbons (Fsp3) is 0.444. The Labute approximate surface area is 75.5 Å². The molecule has 0 aliphatic carbocycles. The van der Waals surface area contributed by atoms with Crippen LogP contribution < -0.4 is 0 Å². The van der Waals surface area contributed by atoms with Crippen molar-refractivity contribution in [3.05, 3.63) is 23.5 Å². The number of ether oxygens (including phenoxy) is 1. The smallest absolute Gasteiger partial charge is 0.352 e. The predicted molar refractivity (Wildman–Crippen MR) is 45.7 cm³/mol. The Morgan fingerprint density at radius 2 is 2.46 bits per heavy atom. The summed E-state index contributed by atoms with van der Waals surface area (Å²) < 4.78 is 5.41. The van der Waals surface area contributed by atoms with Gasteiger partial charge in [0.15, 0.2) is 0 Å². The number of aromatic carboxylic acids is 1. The lowest BCUT2D eigenvalue weighted by molar-refractivity contribution is 0.0689. The van der Waals surface area contributed by atoms with Gasteiger partial charge in [0.05, 0.1) is 6.10 Å². The lowest BCUT2D eigenvalue weighted by Gasteiger charge is -2.05. The summed E-state index contributed by atoms with van der Waals surface area (Å²) in [4.78, 5) is 13.4. The average Bonchev–Trinajstić information content (AvgIpc) is 2.75. The van der Waals surface area contributed by atoms with Gasteiger partial charge in [0, 0.05) is 12.3 Å². The molecule has 1 aromatic heterocycles. The van der Waals surface area contributed by atoms with Crippen LogP contribution in [-0.2, 0) is 4.74 Å². The Morgan fingerprint density at radius 3 is 3.00 bits per heavy atom. The number of aromatic amines is 1. The molecule has 2 N–H and O–H groups in total. The Morgan fingerprint density at radius 1 is 1.62 bits per heavy atom. The number of carboxylic acids is 1. The lowest BCUT2D eigenvalue weighted by Crippen LogP contribution is -1.99. The molecule has 4 nitrogen and oxygen atoms in total. The highest BCUT2D eigenvalue weighted by Gasteiger charge is 2.19. The van der Waals surface area contributed by atoms with Gasteiger partial charge in [-0.2, -0.15) is 0 Å². The number of carbonyl (C=O) groups is 1. The molecule has 0 saturated carbocycles. The quantitative estimate of drug-likeness (QED) is 0.727. The molecule has 4 heteroatoms. The highest BCUT2D eigenvalue weighted by atomic mass is 16.5. The monoisotopic (exact) mass is 181 g/mol. The molecule has 2 rings (SSSR count). The van der Waals surface area contributed by atoms with Crippen molar-refractivity contribution >= 4 is 5.97 Å². The van der Waals surface area contributed by atoms with Gasteiger partial charge in [0.1, 0.15) is 5.69 Å². The summed E-state index contributed by atoms with van der Waals surface area (Å²) in [5.74, 6) is -0.927. The van der Waals surface area contributed by atoms with Gasteiger partial charge in [0.25, 0.3) is 0 Å². The zero-order valence-corrected chi connectivity index (χ0v) is 7.12. The average molecular weight is 181 g/mol. The Hall–Kier alpha value is -1.29. The van der Waals surface area contributed by atoms with E-state index in [1.165, 1.54) is 0 Å². The van der Waals surface area contributed by atoms with Gasteiger partial charge in [-0.25, -0.2) is 4.79 Å². The molecule has 1 unspecified atom stereocenters. The van der Waals surface area contributed by atoms with Crippen molar-refractivity contribution in [2.45, 2.75) is 18.9 Å². The minimum atomic E-state index is -0.927. The second-order valence-electron chi connectivity index (χ2n) is 3.13. The number of carboxylic acid groups (broad SMARTS) is 1. The molecule has 1 atom stereocenters. The summed E-state index contributed by atoms with van der Waals surface area (Å²) in [7, 11) is 0. The SMILES string of the molecule is O=C(O)c1ccc(C2CCCO2)[nH]1. The number of H-pyrrole nitrogens is 1. The lowest BCUT2D eigenvalue weighted by atomic mass is 10.2. The molecular formula is C9H11NO3. The summed E-state index contributed by atoms with van der Waals surface area (Å²) in [5.41, 5.74) is 1.10. The van der Waals surface area contributed by atoms with Gasteiger partial charge in [-0.3, -0.25) is 0 Å². The van der Waals surface area contributed by atoms with E-state index < -0.39 is 5.97 Å². The highest BCUT2D eigenvalue weighted by molar-refractivity contribution is 5.85. The molecule has 0 bridgehead atoms. The van der Waals surface area contributed by atoms with Crippen LogP contribution in [0.15, 0.2) is 12.1 Å². The Balaban J connectivity index is 2.16. The normalized spacial score (nSPS) is 22.0. The molecule has 1 aliphatic heterocycles. The number of hydrogen-bond acceptors (Lipinski definition) is 2. The van der Waals surface area contributed by atoms with Crippen LogP contribution in [0.3, 0.4) is 0 Å². The third kappa shape index (κ3) is 1.58. The van der Waals surface area contributed by atoms with Crippen LogP contribution in [0.5, 0.6) is 0 Å². The van der Waals surface area contributed by atoms with Crippen LogP contribution in [0, 0.1) is 0 Å². The summed E-state index contributed by atoms with van der Waals surface area (Å²) in [6.45, 7) is 0.770. The van der Waals surface area contributed by atoms with E-state index in [1.54, 1.807) is 12.1 Å². The number of nitrogens with one attached hydrogen (secondary N) is 1. The minimum Gasteiger partial charge on any atom is -0.477 e. The third-order valence-electron chi connectivity index (χ3n) is 2.22. The van der Waals surface area contributed by atoms with Crippen molar-refractivity contribution in [3.63, 3.8) is 0 Å². The molecule has 13 heavy (non-hydrogen) atoms. The summed E-state index contributed by atoms with van der Waals surface area (Å²) in [6.07, 6.45) is 2.08. The molecule has 1 aliphatic rings. The van der Waals surface area contributed by atoms with E-state index in [9.17, 15) is 4.79 Å². The topological polar surface area (TPSA) is 62.3 Å². The van der Waals surface area contributed by atoms with E-state index in [0.29, 0.717) is 0 Å². The van der Waals surface area contributed by atoms with Crippen LogP contribution in [0.4, 0.5) is 0 Å². The fourth-order valence-corrected chi connectivity index (χ4v) is 1.55. The van der Waals surface area contributed by atoms with E-state index in [4.69, 9.17) is 9.84 Å². The summed E-state index contributed by atoms with van der Waals surface area (Å²) in [6, 6.07) is 3.35. The maximum atomic E-state index is 10.6. The largest absolute Gasteiger partial charge is 0.477 e. The number of hydrogen-bond donors (Lipinski definition) is 2. The molecule has 70 valence electrons. The number of rotatable bonds is 2. The molecule has 1 aromatic rings. The first-order chi connectivity index (χ1) is 6.27. The third-order valence-corrected chi connectivity index (χ3v) is 2.22. The zero-order valence-electron chi connectivity index (χ0n) is 7.12. The van der Waals surface area contributed by atoms with Crippen molar-refractivity contribution in [3.8, 4) is 0 Å². The van der Waals surface area contributed by atoms with Crippen molar-refractivity contribution in [2.75, 3.05) is 6.61 Å². The van der Waals surface area contributed by atoms with Gasteiger partial charge in [-0.05, 0) is 25.0 Å². The zero-order chi connectivity index (χ0) is 9.26. The second kappa shape index (κ2) is 3.22. The van der Waals surface area contributed by atoms with Gasteiger partial charge in [-0.1, -0.05) is 0 Å². The molecule has 0 radical (unpaired) electrons. The van der Waals surface area contributed by atoms with E-state index in [1.807, 2.05) is 0 Å². The van der Waals surface area contributed by atoms with Crippen LogP contribution in [0.25, 0.3) is 0 Å². The van der Waals surface area contributed by atoms with Gasteiger partial charge < -0.3 is 14.8 Å². The molecule has 1 fully saturated rings. The van der Waals surface area contributed by atoms with Crippen molar-refractivity contribution in [1.29, 1.82) is 0 Å². The van der Waals surface area contributed by atoms with Crippen LogP contribution in [0.2, 0.25) is 0 Å². The van der Waals surface area contributed by atoms with Gasteiger partial charge in [-0.15, -0.1) is 0 Å². The minimum absolute atomic E-state index is 0.0631. The van der Waals surface area contributed by atoms with Crippen molar-refractivity contribution in [2.24, 2.45) is 0 Å². The first kappa shape index (κ1) is 8.31. The van der Waals surface area contributed by atoms with Gasteiger partial charge >= 0.3 is 5.97 Å².